The molecule has 0 saturated carbocycles. The van der Waals surface area contributed by atoms with Gasteiger partial charge in [-0.2, -0.15) is 13.2 Å². The van der Waals surface area contributed by atoms with Crippen molar-refractivity contribution in [3.63, 3.8) is 0 Å². The first kappa shape index (κ1) is 11.2. The zero-order valence-electron chi connectivity index (χ0n) is 6.48. The maximum atomic E-state index is 11.8. The van der Waals surface area contributed by atoms with Crippen molar-refractivity contribution in [2.24, 2.45) is 11.7 Å². The van der Waals surface area contributed by atoms with E-state index >= 15 is 0 Å². The van der Waals surface area contributed by atoms with Crippen LogP contribution in [0.15, 0.2) is 0 Å². The second-order valence-corrected chi connectivity index (χ2v) is 2.65. The normalized spacial score (nSPS) is 17.1. The van der Waals surface area contributed by atoms with Gasteiger partial charge in [0.2, 0.25) is 0 Å². The van der Waals surface area contributed by atoms with Gasteiger partial charge in [-0.15, -0.1) is 0 Å². The molecule has 0 bridgehead atoms. The van der Waals surface area contributed by atoms with E-state index in [0.717, 1.165) is 6.92 Å². The highest BCUT2D eigenvalue weighted by Gasteiger charge is 2.39. The van der Waals surface area contributed by atoms with Crippen LogP contribution in [0.2, 0.25) is 0 Å². The molecule has 0 aromatic heterocycles. The van der Waals surface area contributed by atoms with Gasteiger partial charge in [0.25, 0.3) is 0 Å². The molecule has 0 rings (SSSR count). The minimum absolute atomic E-state index is 0.522. The van der Waals surface area contributed by atoms with Crippen LogP contribution in [-0.2, 0) is 4.79 Å². The van der Waals surface area contributed by atoms with E-state index < -0.39 is 30.5 Å². The van der Waals surface area contributed by atoms with Gasteiger partial charge in [-0.05, 0) is 6.42 Å². The summed E-state index contributed by atoms with van der Waals surface area (Å²) >= 11 is 0. The van der Waals surface area contributed by atoms with Crippen LogP contribution in [0.1, 0.15) is 13.3 Å². The SMILES string of the molecule is C[C@@H](C[C@@H](N)C(=O)[OH2+])C(F)(F)F. The van der Waals surface area contributed by atoms with Crippen LogP contribution in [0.25, 0.3) is 0 Å². The summed E-state index contributed by atoms with van der Waals surface area (Å²) in [7, 11) is 0. The van der Waals surface area contributed by atoms with Crippen molar-refractivity contribution in [3.05, 3.63) is 0 Å². The largest absolute Gasteiger partial charge is 0.564 e. The molecule has 0 spiro atoms. The minimum atomic E-state index is -4.34. The smallest absolute Gasteiger partial charge is 0.532 e. The van der Waals surface area contributed by atoms with E-state index in [1.165, 1.54) is 0 Å². The van der Waals surface area contributed by atoms with Gasteiger partial charge in [0.1, 0.15) is 0 Å². The number of halogens is 3. The van der Waals surface area contributed by atoms with E-state index in [2.05, 4.69) is 0 Å². The summed E-state index contributed by atoms with van der Waals surface area (Å²) in [5.74, 6) is -2.80. The van der Waals surface area contributed by atoms with Crippen molar-refractivity contribution >= 4 is 5.97 Å². The molecule has 4 N–H and O–H groups in total. The summed E-state index contributed by atoms with van der Waals surface area (Å²) < 4.78 is 35.5. The third-order valence-corrected chi connectivity index (χ3v) is 1.50. The highest BCUT2D eigenvalue weighted by atomic mass is 19.4. The highest BCUT2D eigenvalue weighted by molar-refractivity contribution is 5.73. The lowest BCUT2D eigenvalue weighted by Crippen LogP contribution is -2.35. The summed E-state index contributed by atoms with van der Waals surface area (Å²) in [5, 5.41) is 6.45. The van der Waals surface area contributed by atoms with Crippen LogP contribution in [0.5, 0.6) is 0 Å². The third kappa shape index (κ3) is 3.56. The van der Waals surface area contributed by atoms with Gasteiger partial charge in [-0.3, -0.25) is 0 Å². The van der Waals surface area contributed by atoms with Gasteiger partial charge in [-0.25, -0.2) is 0 Å². The Morgan fingerprint density at radius 3 is 2.25 bits per heavy atom. The quantitative estimate of drug-likeness (QED) is 0.637. The molecule has 6 heteroatoms. The van der Waals surface area contributed by atoms with E-state index in [1.54, 1.807) is 0 Å². The number of nitrogens with two attached hydrogens (primary N) is 1. The fourth-order valence-corrected chi connectivity index (χ4v) is 0.622. The molecular weight excluding hydrogens is 175 g/mol. The standard InChI is InChI=1S/C6H10F3NO2/c1-3(6(7,8)9)2-4(10)5(11)12/h3-4H,2,10H2,1H3,(H,11,12)/p+1/t3-,4+/m0/s1. The molecule has 0 aliphatic heterocycles. The molecule has 2 atom stereocenters. The molecule has 0 saturated heterocycles. The topological polar surface area (TPSA) is 66.0 Å². The number of hydrogen-bond donors (Lipinski definition) is 1. The van der Waals surface area contributed by atoms with E-state index in [9.17, 15) is 18.0 Å². The lowest BCUT2D eigenvalue weighted by Gasteiger charge is -2.15. The first-order chi connectivity index (χ1) is 5.25. The minimum Gasteiger partial charge on any atom is -0.564 e. The lowest BCUT2D eigenvalue weighted by molar-refractivity contribution is -0.173. The van der Waals surface area contributed by atoms with Crippen LogP contribution in [-0.4, -0.2) is 23.3 Å². The number of carbonyl (C=O) groups excluding carboxylic acids is 1. The maximum Gasteiger partial charge on any atom is 0.532 e. The summed E-state index contributed by atoms with van der Waals surface area (Å²) in [6.45, 7) is 0.933. The Hall–Kier alpha value is -0.780. The number of alkyl halides is 3. The Bertz CT molecular complexity index is 169. The summed E-state index contributed by atoms with van der Waals surface area (Å²) in [6, 6.07) is -1.33. The molecule has 0 aromatic carbocycles. The molecule has 0 radical (unpaired) electrons. The van der Waals surface area contributed by atoms with E-state index in [-0.39, 0.29) is 0 Å². The van der Waals surface area contributed by atoms with Crippen molar-refractivity contribution in [1.29, 1.82) is 0 Å². The monoisotopic (exact) mass is 186 g/mol. The van der Waals surface area contributed by atoms with Crippen LogP contribution in [0, 0.1) is 5.92 Å². The summed E-state index contributed by atoms with van der Waals surface area (Å²) in [5.41, 5.74) is 4.98. The average molecular weight is 186 g/mol. The fraction of sp³-hybridized carbons (Fsp3) is 0.833. The second-order valence-electron chi connectivity index (χ2n) is 2.65. The first-order valence-corrected chi connectivity index (χ1v) is 3.33. The second kappa shape index (κ2) is 3.75. The molecule has 0 aliphatic carbocycles. The Balaban J connectivity index is 4.01. The van der Waals surface area contributed by atoms with Crippen LogP contribution < -0.4 is 5.73 Å². The average Bonchev–Trinajstić information content (AvgIpc) is 1.85. The number of carbonyl (C=O) groups is 1. The first-order valence-electron chi connectivity index (χ1n) is 3.33. The van der Waals surface area contributed by atoms with Crippen LogP contribution in [0.3, 0.4) is 0 Å². The van der Waals surface area contributed by atoms with Gasteiger partial charge < -0.3 is 10.8 Å². The predicted molar refractivity (Wildman–Crippen MR) is 36.4 cm³/mol. The van der Waals surface area contributed by atoms with Crippen LogP contribution in [0.4, 0.5) is 13.2 Å². The highest BCUT2D eigenvalue weighted by Crippen LogP contribution is 2.28. The van der Waals surface area contributed by atoms with Crippen molar-refractivity contribution in [2.75, 3.05) is 0 Å². The fourth-order valence-electron chi connectivity index (χ4n) is 0.622. The third-order valence-electron chi connectivity index (χ3n) is 1.50. The summed E-state index contributed by atoms with van der Waals surface area (Å²) in [4.78, 5) is 10.2. The zero-order valence-corrected chi connectivity index (χ0v) is 6.48. The van der Waals surface area contributed by atoms with Crippen molar-refractivity contribution in [3.8, 4) is 0 Å². The molecular formula is C6H11F3NO2+. The molecule has 12 heavy (non-hydrogen) atoms. The van der Waals surface area contributed by atoms with Crippen molar-refractivity contribution in [1.82, 2.24) is 0 Å². The van der Waals surface area contributed by atoms with Crippen LogP contribution >= 0.6 is 0 Å². The Labute approximate surface area is 67.4 Å². The van der Waals surface area contributed by atoms with Gasteiger partial charge in [0, 0.05) is 4.79 Å². The Morgan fingerprint density at radius 2 is 2.00 bits per heavy atom. The van der Waals surface area contributed by atoms with Crippen molar-refractivity contribution < 1.29 is 23.1 Å². The van der Waals surface area contributed by atoms with Gasteiger partial charge in [-0.1, -0.05) is 6.92 Å². The molecule has 0 aliphatic rings. The van der Waals surface area contributed by atoms with Gasteiger partial charge >= 0.3 is 12.1 Å². The molecule has 0 fully saturated rings. The van der Waals surface area contributed by atoms with Gasteiger partial charge in [0.15, 0.2) is 6.04 Å². The Kier molecular flexibility index (Phi) is 3.51. The van der Waals surface area contributed by atoms with Gasteiger partial charge in [0.05, 0.1) is 5.92 Å². The van der Waals surface area contributed by atoms with E-state index in [4.69, 9.17) is 10.8 Å². The molecule has 0 heterocycles. The molecule has 0 amide bonds. The predicted octanol–water partition coefficient (Wildman–Crippen LogP) is 0.153. The zero-order chi connectivity index (χ0) is 9.94. The lowest BCUT2D eigenvalue weighted by atomic mass is 10.0. The summed E-state index contributed by atoms with van der Waals surface area (Å²) in [6.07, 6.45) is -4.86. The molecule has 0 aromatic rings. The molecule has 72 valence electrons. The Morgan fingerprint density at radius 1 is 1.58 bits per heavy atom. The molecule has 3 nitrogen and oxygen atoms in total. The van der Waals surface area contributed by atoms with E-state index in [1.807, 2.05) is 0 Å². The number of rotatable bonds is 3. The van der Waals surface area contributed by atoms with E-state index in [0.29, 0.717) is 0 Å². The molecule has 0 unspecified atom stereocenters. The number of hydrogen-bond acceptors (Lipinski definition) is 2. The van der Waals surface area contributed by atoms with Crippen molar-refractivity contribution in [2.45, 2.75) is 25.6 Å². The maximum absolute atomic E-state index is 11.8.